The van der Waals surface area contributed by atoms with E-state index in [9.17, 15) is 4.79 Å². The molecule has 29 heavy (non-hydrogen) atoms. The van der Waals surface area contributed by atoms with Crippen molar-refractivity contribution >= 4 is 11.9 Å². The Kier molecular flexibility index (Phi) is 6.56. The summed E-state index contributed by atoms with van der Waals surface area (Å²) in [5, 5.41) is 3.02. The zero-order valence-corrected chi connectivity index (χ0v) is 16.8. The van der Waals surface area contributed by atoms with Crippen molar-refractivity contribution in [3.63, 3.8) is 0 Å². The molecule has 1 amide bonds. The average molecular weight is 396 g/mol. The van der Waals surface area contributed by atoms with Gasteiger partial charge in [0.1, 0.15) is 5.75 Å². The van der Waals surface area contributed by atoms with Gasteiger partial charge in [0.15, 0.2) is 0 Å². The van der Waals surface area contributed by atoms with E-state index in [-0.39, 0.29) is 5.91 Å². The predicted molar refractivity (Wildman–Crippen MR) is 112 cm³/mol. The number of benzene rings is 1. The summed E-state index contributed by atoms with van der Waals surface area (Å²) in [4.78, 5) is 25.6. The van der Waals surface area contributed by atoms with E-state index in [1.165, 1.54) is 12.8 Å². The Morgan fingerprint density at radius 1 is 1.03 bits per heavy atom. The fourth-order valence-electron chi connectivity index (χ4n) is 3.94. The van der Waals surface area contributed by atoms with Crippen molar-refractivity contribution in [3.8, 4) is 5.75 Å². The Bertz CT molecular complexity index is 770. The molecule has 1 saturated carbocycles. The molecule has 1 aromatic carbocycles. The van der Waals surface area contributed by atoms with Crippen LogP contribution in [0.15, 0.2) is 42.7 Å². The number of piperazine rings is 1. The molecule has 1 aromatic heterocycles. The Hall–Kier alpha value is -2.67. The lowest BCUT2D eigenvalue weighted by Gasteiger charge is -2.34. The Morgan fingerprint density at radius 3 is 2.41 bits per heavy atom. The van der Waals surface area contributed by atoms with Crippen molar-refractivity contribution in [1.82, 2.24) is 20.2 Å². The van der Waals surface area contributed by atoms with E-state index in [4.69, 9.17) is 4.74 Å². The number of anilines is 1. The van der Waals surface area contributed by atoms with E-state index in [0.29, 0.717) is 18.2 Å². The van der Waals surface area contributed by atoms with Crippen LogP contribution in [-0.2, 0) is 0 Å². The van der Waals surface area contributed by atoms with Gasteiger partial charge in [0.2, 0.25) is 5.95 Å². The molecule has 4 rings (SSSR count). The molecular formula is C22H29N5O2. The summed E-state index contributed by atoms with van der Waals surface area (Å²) in [6.07, 6.45) is 8.66. The minimum absolute atomic E-state index is 0.0336. The lowest BCUT2D eigenvalue weighted by Crippen LogP contribution is -2.49. The third-order valence-electron chi connectivity index (χ3n) is 5.64. The summed E-state index contributed by atoms with van der Waals surface area (Å²) < 4.78 is 5.96. The van der Waals surface area contributed by atoms with Crippen molar-refractivity contribution in [2.24, 2.45) is 0 Å². The first kappa shape index (κ1) is 19.6. The second-order valence-electron chi connectivity index (χ2n) is 7.68. The maximum Gasteiger partial charge on any atom is 0.251 e. The van der Waals surface area contributed by atoms with Crippen LogP contribution in [0.25, 0.3) is 0 Å². The molecule has 1 aliphatic carbocycles. The highest BCUT2D eigenvalue weighted by Gasteiger charge is 2.19. The van der Waals surface area contributed by atoms with Crippen LogP contribution in [0.1, 0.15) is 36.0 Å². The second kappa shape index (κ2) is 9.69. The number of amides is 1. The summed E-state index contributed by atoms with van der Waals surface area (Å²) in [5.74, 6) is 1.61. The molecule has 2 fully saturated rings. The van der Waals surface area contributed by atoms with Crippen molar-refractivity contribution in [2.75, 3.05) is 44.2 Å². The second-order valence-corrected chi connectivity index (χ2v) is 7.68. The van der Waals surface area contributed by atoms with Gasteiger partial charge < -0.3 is 15.0 Å². The van der Waals surface area contributed by atoms with Gasteiger partial charge in [-0.3, -0.25) is 9.69 Å². The smallest absolute Gasteiger partial charge is 0.251 e. The van der Waals surface area contributed by atoms with E-state index in [1.54, 1.807) is 12.4 Å². The van der Waals surface area contributed by atoms with Crippen LogP contribution in [0.3, 0.4) is 0 Å². The van der Waals surface area contributed by atoms with Crippen LogP contribution < -0.4 is 15.0 Å². The van der Waals surface area contributed by atoms with Gasteiger partial charge in [-0.2, -0.15) is 0 Å². The van der Waals surface area contributed by atoms with E-state index in [0.717, 1.165) is 57.3 Å². The van der Waals surface area contributed by atoms with Crippen LogP contribution in [0.4, 0.5) is 5.95 Å². The molecule has 154 valence electrons. The summed E-state index contributed by atoms with van der Waals surface area (Å²) in [6, 6.07) is 9.32. The number of aromatic nitrogens is 2. The third-order valence-corrected chi connectivity index (χ3v) is 5.64. The first-order valence-corrected chi connectivity index (χ1v) is 10.6. The van der Waals surface area contributed by atoms with E-state index in [2.05, 4.69) is 25.1 Å². The third kappa shape index (κ3) is 5.44. The Balaban J connectivity index is 1.16. The van der Waals surface area contributed by atoms with Crippen LogP contribution in [-0.4, -0.2) is 66.1 Å². The molecule has 0 radical (unpaired) electrons. The molecule has 1 aliphatic heterocycles. The molecule has 0 unspecified atom stereocenters. The first-order valence-electron chi connectivity index (χ1n) is 10.6. The van der Waals surface area contributed by atoms with Gasteiger partial charge in [-0.1, -0.05) is 0 Å². The lowest BCUT2D eigenvalue weighted by molar-refractivity contribution is 0.0947. The zero-order valence-electron chi connectivity index (χ0n) is 16.8. The monoisotopic (exact) mass is 395 g/mol. The summed E-state index contributed by atoms with van der Waals surface area (Å²) in [6.45, 7) is 5.18. The minimum atomic E-state index is -0.0336. The Labute approximate surface area is 172 Å². The highest BCUT2D eigenvalue weighted by atomic mass is 16.5. The molecule has 0 bridgehead atoms. The molecule has 2 aliphatic rings. The first-order chi connectivity index (χ1) is 14.3. The van der Waals surface area contributed by atoms with Gasteiger partial charge in [0, 0.05) is 57.2 Å². The quantitative estimate of drug-likeness (QED) is 0.776. The van der Waals surface area contributed by atoms with Gasteiger partial charge in [0.05, 0.1) is 6.10 Å². The number of rotatable bonds is 7. The maximum atomic E-state index is 12.4. The van der Waals surface area contributed by atoms with Crippen LogP contribution >= 0.6 is 0 Å². The molecule has 0 spiro atoms. The van der Waals surface area contributed by atoms with Gasteiger partial charge in [-0.25, -0.2) is 9.97 Å². The highest BCUT2D eigenvalue weighted by molar-refractivity contribution is 5.94. The summed E-state index contributed by atoms with van der Waals surface area (Å²) >= 11 is 0. The highest BCUT2D eigenvalue weighted by Crippen LogP contribution is 2.24. The molecule has 2 aromatic rings. The van der Waals surface area contributed by atoms with E-state index in [1.807, 2.05) is 30.3 Å². The number of nitrogens with one attached hydrogen (secondary N) is 1. The molecule has 7 nitrogen and oxygen atoms in total. The SMILES string of the molecule is O=C(NCCN1CCN(c2ncccn2)CC1)c1ccc(OC2CCCC2)cc1. The van der Waals surface area contributed by atoms with Crippen molar-refractivity contribution in [3.05, 3.63) is 48.3 Å². The number of carbonyl (C=O) groups is 1. The van der Waals surface area contributed by atoms with Gasteiger partial charge in [-0.05, 0) is 56.0 Å². The molecule has 0 atom stereocenters. The largest absolute Gasteiger partial charge is 0.490 e. The fourth-order valence-corrected chi connectivity index (χ4v) is 3.94. The number of hydrogen-bond acceptors (Lipinski definition) is 6. The normalized spacial score (nSPS) is 18.0. The van der Waals surface area contributed by atoms with E-state index < -0.39 is 0 Å². The molecule has 1 N–H and O–H groups in total. The van der Waals surface area contributed by atoms with E-state index >= 15 is 0 Å². The number of carbonyl (C=O) groups excluding carboxylic acids is 1. The zero-order chi connectivity index (χ0) is 19.9. The van der Waals surface area contributed by atoms with Crippen molar-refractivity contribution in [1.29, 1.82) is 0 Å². The minimum Gasteiger partial charge on any atom is -0.490 e. The van der Waals surface area contributed by atoms with Crippen molar-refractivity contribution < 1.29 is 9.53 Å². The van der Waals surface area contributed by atoms with Gasteiger partial charge in [0.25, 0.3) is 5.91 Å². The molecule has 2 heterocycles. The van der Waals surface area contributed by atoms with Crippen LogP contribution in [0.5, 0.6) is 5.75 Å². The van der Waals surface area contributed by atoms with Gasteiger partial charge >= 0.3 is 0 Å². The molecule has 1 saturated heterocycles. The molecular weight excluding hydrogens is 366 g/mol. The number of nitrogens with zero attached hydrogens (tertiary/aromatic N) is 4. The van der Waals surface area contributed by atoms with Crippen LogP contribution in [0.2, 0.25) is 0 Å². The van der Waals surface area contributed by atoms with Crippen molar-refractivity contribution in [2.45, 2.75) is 31.8 Å². The standard InChI is InChI=1S/C22H29N5O2/c28-21(18-6-8-20(9-7-18)29-19-4-1-2-5-19)23-12-13-26-14-16-27(17-15-26)22-24-10-3-11-25-22/h3,6-11,19H,1-2,4-5,12-17H2,(H,23,28). The van der Waals surface area contributed by atoms with Crippen LogP contribution in [0, 0.1) is 0 Å². The average Bonchev–Trinajstić information content (AvgIpc) is 3.28. The summed E-state index contributed by atoms with van der Waals surface area (Å²) in [5.41, 5.74) is 0.676. The fraction of sp³-hybridized carbons (Fsp3) is 0.500. The summed E-state index contributed by atoms with van der Waals surface area (Å²) in [7, 11) is 0. The maximum absolute atomic E-state index is 12.4. The Morgan fingerprint density at radius 2 is 1.72 bits per heavy atom. The van der Waals surface area contributed by atoms with Gasteiger partial charge in [-0.15, -0.1) is 0 Å². The topological polar surface area (TPSA) is 70.6 Å². The predicted octanol–water partition coefficient (Wildman–Crippen LogP) is 2.35. The molecule has 7 heteroatoms. The number of hydrogen-bond donors (Lipinski definition) is 1. The number of ether oxygens (including phenoxy) is 1. The lowest BCUT2D eigenvalue weighted by atomic mass is 10.2.